The number of fused-ring (bicyclic) bond motifs is 1. The number of benzene rings is 2. The number of hydrogen-bond donors (Lipinski definition) is 0. The number of hydrogen-bond acceptors (Lipinski definition) is 4. The zero-order valence-corrected chi connectivity index (χ0v) is 15.1. The molecule has 4 rings (SSSR count). The second-order valence-electron chi connectivity index (χ2n) is 6.18. The zero-order chi connectivity index (χ0) is 18.1. The van der Waals surface area contributed by atoms with E-state index in [9.17, 15) is 8.42 Å². The molecule has 0 unspecified atom stereocenters. The number of nitrogens with zero attached hydrogens (tertiary/aromatic N) is 2. The standard InChI is InChI=1S/C20H18N2O3S/c1-15-8-11-17(12-9-15)26(23,24)22-19-7-3-2-6-18(19)21-20(22)13-10-16-5-4-14-25-16/h2-9,11-12,14H,10,13H2,1H3. The third-order valence-corrected chi connectivity index (χ3v) is 6.07. The van der Waals surface area contributed by atoms with Crippen LogP contribution in [0.25, 0.3) is 11.0 Å². The number of furan rings is 1. The first-order chi connectivity index (χ1) is 12.6. The molecule has 0 aliphatic carbocycles. The topological polar surface area (TPSA) is 65.1 Å². The summed E-state index contributed by atoms with van der Waals surface area (Å²) in [4.78, 5) is 4.82. The van der Waals surface area contributed by atoms with Crippen LogP contribution in [0.4, 0.5) is 0 Å². The van der Waals surface area contributed by atoms with E-state index in [-0.39, 0.29) is 4.90 Å². The van der Waals surface area contributed by atoms with Gasteiger partial charge in [0.15, 0.2) is 0 Å². The van der Waals surface area contributed by atoms with Crippen molar-refractivity contribution in [1.82, 2.24) is 8.96 Å². The van der Waals surface area contributed by atoms with E-state index in [0.717, 1.165) is 11.3 Å². The molecular weight excluding hydrogens is 348 g/mol. The van der Waals surface area contributed by atoms with E-state index in [1.807, 2.05) is 37.3 Å². The maximum absolute atomic E-state index is 13.3. The quantitative estimate of drug-likeness (QED) is 0.536. The van der Waals surface area contributed by atoms with Crippen molar-refractivity contribution in [3.05, 3.63) is 84.1 Å². The van der Waals surface area contributed by atoms with Gasteiger partial charge in [0.25, 0.3) is 10.0 Å². The van der Waals surface area contributed by atoms with Crippen molar-refractivity contribution in [3.8, 4) is 0 Å². The molecule has 132 valence electrons. The average molecular weight is 366 g/mol. The van der Waals surface area contributed by atoms with Crippen molar-refractivity contribution >= 4 is 21.1 Å². The lowest BCUT2D eigenvalue weighted by atomic mass is 10.2. The summed E-state index contributed by atoms with van der Waals surface area (Å²) in [5, 5.41) is 0. The summed E-state index contributed by atoms with van der Waals surface area (Å²) in [6.45, 7) is 1.93. The molecule has 0 atom stereocenters. The van der Waals surface area contributed by atoms with Gasteiger partial charge < -0.3 is 4.42 Å². The third kappa shape index (κ3) is 2.93. The Morgan fingerprint density at radius 1 is 0.962 bits per heavy atom. The molecule has 0 spiro atoms. The predicted molar refractivity (Wildman–Crippen MR) is 99.6 cm³/mol. The summed E-state index contributed by atoms with van der Waals surface area (Å²) in [7, 11) is -3.74. The van der Waals surface area contributed by atoms with Crippen LogP contribution in [0.3, 0.4) is 0 Å². The van der Waals surface area contributed by atoms with E-state index in [4.69, 9.17) is 4.42 Å². The highest BCUT2D eigenvalue weighted by Gasteiger charge is 2.24. The molecule has 2 heterocycles. The van der Waals surface area contributed by atoms with Crippen LogP contribution in [0.5, 0.6) is 0 Å². The van der Waals surface area contributed by atoms with Crippen LogP contribution < -0.4 is 0 Å². The molecule has 0 radical (unpaired) electrons. The highest BCUT2D eigenvalue weighted by molar-refractivity contribution is 7.90. The normalized spacial score (nSPS) is 11.9. The molecule has 0 bridgehead atoms. The van der Waals surface area contributed by atoms with E-state index in [1.54, 1.807) is 36.6 Å². The van der Waals surface area contributed by atoms with Gasteiger partial charge in [-0.2, -0.15) is 0 Å². The molecule has 0 amide bonds. The van der Waals surface area contributed by atoms with Crippen LogP contribution in [0, 0.1) is 6.92 Å². The molecule has 4 aromatic rings. The summed E-state index contributed by atoms with van der Waals surface area (Å²) in [6, 6.07) is 17.9. The fourth-order valence-electron chi connectivity index (χ4n) is 2.99. The van der Waals surface area contributed by atoms with Crippen molar-refractivity contribution in [2.24, 2.45) is 0 Å². The number of rotatable bonds is 5. The Morgan fingerprint density at radius 3 is 2.46 bits per heavy atom. The summed E-state index contributed by atoms with van der Waals surface area (Å²) in [5.41, 5.74) is 2.26. The minimum Gasteiger partial charge on any atom is -0.469 e. The van der Waals surface area contributed by atoms with Gasteiger partial charge in [-0.1, -0.05) is 29.8 Å². The first-order valence-electron chi connectivity index (χ1n) is 8.37. The average Bonchev–Trinajstić information content (AvgIpc) is 3.27. The highest BCUT2D eigenvalue weighted by atomic mass is 32.2. The predicted octanol–water partition coefficient (Wildman–Crippen LogP) is 3.96. The van der Waals surface area contributed by atoms with Crippen molar-refractivity contribution < 1.29 is 12.8 Å². The largest absolute Gasteiger partial charge is 0.469 e. The monoisotopic (exact) mass is 366 g/mol. The fourth-order valence-corrected chi connectivity index (χ4v) is 4.50. The van der Waals surface area contributed by atoms with E-state index < -0.39 is 10.0 Å². The Labute approximate surface area is 152 Å². The Balaban J connectivity index is 1.84. The van der Waals surface area contributed by atoms with Crippen molar-refractivity contribution in [2.45, 2.75) is 24.7 Å². The number of aryl methyl sites for hydroxylation is 3. The Bertz CT molecular complexity index is 1140. The molecule has 0 N–H and O–H groups in total. The van der Waals surface area contributed by atoms with Crippen LogP contribution in [0.2, 0.25) is 0 Å². The molecule has 0 aliphatic rings. The van der Waals surface area contributed by atoms with Gasteiger partial charge in [-0.15, -0.1) is 0 Å². The lowest BCUT2D eigenvalue weighted by Gasteiger charge is -2.10. The Kier molecular flexibility index (Phi) is 4.12. The maximum Gasteiger partial charge on any atom is 0.269 e. The summed E-state index contributed by atoms with van der Waals surface area (Å²) < 4.78 is 33.3. The van der Waals surface area contributed by atoms with Crippen LogP contribution in [0.15, 0.2) is 76.2 Å². The van der Waals surface area contributed by atoms with Gasteiger partial charge in [-0.3, -0.25) is 0 Å². The van der Waals surface area contributed by atoms with E-state index in [0.29, 0.717) is 29.7 Å². The molecule has 26 heavy (non-hydrogen) atoms. The molecule has 0 fully saturated rings. The van der Waals surface area contributed by atoms with Crippen LogP contribution in [0.1, 0.15) is 17.1 Å². The summed E-state index contributed by atoms with van der Waals surface area (Å²) in [6.07, 6.45) is 2.66. The van der Waals surface area contributed by atoms with Gasteiger partial charge in [0, 0.05) is 12.8 Å². The highest BCUT2D eigenvalue weighted by Crippen LogP contribution is 2.24. The van der Waals surface area contributed by atoms with Gasteiger partial charge in [0.05, 0.1) is 22.2 Å². The second-order valence-corrected chi connectivity index (χ2v) is 7.97. The van der Waals surface area contributed by atoms with Crippen molar-refractivity contribution in [3.63, 3.8) is 0 Å². The number of para-hydroxylation sites is 2. The molecule has 6 heteroatoms. The number of imidazole rings is 1. The lowest BCUT2D eigenvalue weighted by molar-refractivity contribution is 0.505. The smallest absolute Gasteiger partial charge is 0.269 e. The molecule has 5 nitrogen and oxygen atoms in total. The Hall–Kier alpha value is -2.86. The zero-order valence-electron chi connectivity index (χ0n) is 14.3. The van der Waals surface area contributed by atoms with Crippen LogP contribution >= 0.6 is 0 Å². The van der Waals surface area contributed by atoms with Gasteiger partial charge in [0.2, 0.25) is 0 Å². The van der Waals surface area contributed by atoms with Gasteiger partial charge in [-0.05, 0) is 43.3 Å². The van der Waals surface area contributed by atoms with Crippen LogP contribution in [-0.2, 0) is 22.9 Å². The SMILES string of the molecule is Cc1ccc(S(=O)(=O)n2c(CCc3ccco3)nc3ccccc32)cc1. The van der Waals surface area contributed by atoms with E-state index in [1.165, 1.54) is 3.97 Å². The van der Waals surface area contributed by atoms with Gasteiger partial charge >= 0.3 is 0 Å². The fraction of sp³-hybridized carbons (Fsp3) is 0.150. The summed E-state index contributed by atoms with van der Waals surface area (Å²) >= 11 is 0. The minimum atomic E-state index is -3.74. The first kappa shape index (κ1) is 16.6. The maximum atomic E-state index is 13.3. The minimum absolute atomic E-state index is 0.255. The lowest BCUT2D eigenvalue weighted by Crippen LogP contribution is -2.16. The van der Waals surface area contributed by atoms with Crippen LogP contribution in [-0.4, -0.2) is 17.4 Å². The molecular formula is C20H18N2O3S. The Morgan fingerprint density at radius 2 is 1.73 bits per heavy atom. The van der Waals surface area contributed by atoms with Gasteiger partial charge in [0.1, 0.15) is 11.6 Å². The second kappa shape index (κ2) is 6.46. The molecule has 2 aromatic carbocycles. The molecule has 0 saturated heterocycles. The van der Waals surface area contributed by atoms with E-state index in [2.05, 4.69) is 4.98 Å². The third-order valence-electron chi connectivity index (χ3n) is 4.32. The number of aromatic nitrogens is 2. The first-order valence-corrected chi connectivity index (χ1v) is 9.81. The molecule has 0 aliphatic heterocycles. The van der Waals surface area contributed by atoms with E-state index >= 15 is 0 Å². The molecule has 2 aromatic heterocycles. The van der Waals surface area contributed by atoms with Gasteiger partial charge in [-0.25, -0.2) is 17.4 Å². The molecule has 0 saturated carbocycles. The van der Waals surface area contributed by atoms with Crippen molar-refractivity contribution in [2.75, 3.05) is 0 Å². The summed E-state index contributed by atoms with van der Waals surface area (Å²) in [5.74, 6) is 1.31. The van der Waals surface area contributed by atoms with Crippen molar-refractivity contribution in [1.29, 1.82) is 0 Å².